The third-order valence-corrected chi connectivity index (χ3v) is 4.56. The van der Waals surface area contributed by atoms with Crippen molar-refractivity contribution >= 4 is 5.91 Å². The highest BCUT2D eigenvalue weighted by Crippen LogP contribution is 2.14. The Labute approximate surface area is 168 Å². The third-order valence-electron chi connectivity index (χ3n) is 4.56. The van der Waals surface area contributed by atoms with Crippen molar-refractivity contribution in [2.45, 2.75) is 33.4 Å². The Balaban J connectivity index is 1.69. The van der Waals surface area contributed by atoms with Gasteiger partial charge in [0.1, 0.15) is 5.82 Å². The molecule has 0 aliphatic rings. The highest BCUT2D eigenvalue weighted by atomic mass is 19.1. The van der Waals surface area contributed by atoms with Crippen molar-refractivity contribution in [3.8, 4) is 11.6 Å². The number of hydrogen-bond donors (Lipinski definition) is 1. The number of carbonyl (C=O) groups excluding carboxylic acids is 1. The fourth-order valence-electron chi connectivity index (χ4n) is 2.67. The molecular formula is C22H22FN3O3. The Hall–Kier alpha value is -3.48. The van der Waals surface area contributed by atoms with Crippen LogP contribution < -0.4 is 15.6 Å². The van der Waals surface area contributed by atoms with E-state index in [0.717, 1.165) is 16.7 Å². The molecule has 29 heavy (non-hydrogen) atoms. The third kappa shape index (κ3) is 5.07. The van der Waals surface area contributed by atoms with Gasteiger partial charge >= 0.3 is 0 Å². The summed E-state index contributed by atoms with van der Waals surface area (Å²) in [5.41, 5.74) is 3.25. The van der Waals surface area contributed by atoms with Crippen LogP contribution in [0.25, 0.3) is 5.69 Å². The molecule has 0 radical (unpaired) electrons. The fourth-order valence-corrected chi connectivity index (χ4v) is 2.67. The van der Waals surface area contributed by atoms with Crippen LogP contribution in [0, 0.1) is 19.7 Å². The van der Waals surface area contributed by atoms with E-state index in [-0.39, 0.29) is 29.7 Å². The minimum absolute atomic E-state index is 0.160. The van der Waals surface area contributed by atoms with Crippen molar-refractivity contribution in [1.82, 2.24) is 15.1 Å². The topological polar surface area (TPSA) is 73.2 Å². The summed E-state index contributed by atoms with van der Waals surface area (Å²) in [5.74, 6) is -0.519. The number of nitrogens with one attached hydrogen (secondary N) is 1. The number of benzene rings is 2. The number of ether oxygens (including phenoxy) is 1. The lowest BCUT2D eigenvalue weighted by Crippen LogP contribution is -2.36. The molecule has 0 bridgehead atoms. The van der Waals surface area contributed by atoms with Crippen LogP contribution in [0.5, 0.6) is 5.88 Å². The molecule has 0 fully saturated rings. The number of carbonyl (C=O) groups is 1. The number of hydrogen-bond acceptors (Lipinski definition) is 4. The van der Waals surface area contributed by atoms with Crippen molar-refractivity contribution in [3.63, 3.8) is 0 Å². The Bertz CT molecular complexity index is 1080. The number of aromatic nitrogens is 2. The number of aryl methyl sites for hydroxylation is 2. The summed E-state index contributed by atoms with van der Waals surface area (Å²) in [6.07, 6.45) is -0.825. The van der Waals surface area contributed by atoms with Gasteiger partial charge in [-0.2, -0.15) is 4.68 Å². The van der Waals surface area contributed by atoms with Crippen molar-refractivity contribution in [2.75, 3.05) is 0 Å². The van der Waals surface area contributed by atoms with E-state index in [2.05, 4.69) is 10.4 Å². The molecule has 3 aromatic rings. The average molecular weight is 395 g/mol. The summed E-state index contributed by atoms with van der Waals surface area (Å²) >= 11 is 0. The van der Waals surface area contributed by atoms with Crippen LogP contribution in [0.3, 0.4) is 0 Å². The monoisotopic (exact) mass is 395 g/mol. The van der Waals surface area contributed by atoms with E-state index in [0.29, 0.717) is 5.69 Å². The van der Waals surface area contributed by atoms with Crippen molar-refractivity contribution in [2.24, 2.45) is 0 Å². The Morgan fingerprint density at radius 3 is 2.52 bits per heavy atom. The molecule has 1 amide bonds. The van der Waals surface area contributed by atoms with Gasteiger partial charge in [0.25, 0.3) is 11.5 Å². The Kier molecular flexibility index (Phi) is 6.07. The highest BCUT2D eigenvalue weighted by molar-refractivity contribution is 5.80. The quantitative estimate of drug-likeness (QED) is 0.696. The molecule has 7 heteroatoms. The van der Waals surface area contributed by atoms with Gasteiger partial charge in [-0.05, 0) is 61.7 Å². The summed E-state index contributed by atoms with van der Waals surface area (Å²) in [6.45, 7) is 5.79. The number of rotatable bonds is 6. The number of nitrogens with zero attached hydrogens (tertiary/aromatic N) is 2. The Morgan fingerprint density at radius 1 is 1.10 bits per heavy atom. The summed E-state index contributed by atoms with van der Waals surface area (Å²) < 4.78 is 19.8. The van der Waals surface area contributed by atoms with E-state index in [4.69, 9.17) is 4.74 Å². The predicted molar refractivity (Wildman–Crippen MR) is 108 cm³/mol. The number of halogens is 1. The average Bonchev–Trinajstić information content (AvgIpc) is 2.71. The second-order valence-corrected chi connectivity index (χ2v) is 6.79. The molecule has 0 aliphatic carbocycles. The standard InChI is InChI=1S/C22H22FN3O3/c1-14-4-9-19(12-15(14)2)26-21(27)11-10-20(25-26)29-16(3)22(28)24-13-17-5-7-18(23)8-6-17/h4-12,16H,13H2,1-3H3,(H,24,28). The van der Waals surface area contributed by atoms with Crippen LogP contribution in [0.4, 0.5) is 4.39 Å². The molecule has 1 unspecified atom stereocenters. The second kappa shape index (κ2) is 8.68. The first-order chi connectivity index (χ1) is 13.8. The minimum atomic E-state index is -0.825. The smallest absolute Gasteiger partial charge is 0.271 e. The van der Waals surface area contributed by atoms with Gasteiger partial charge in [0.05, 0.1) is 5.69 Å². The molecule has 1 heterocycles. The van der Waals surface area contributed by atoms with Gasteiger partial charge in [-0.3, -0.25) is 9.59 Å². The summed E-state index contributed by atoms with van der Waals surface area (Å²) in [5, 5.41) is 6.95. The van der Waals surface area contributed by atoms with Crippen molar-refractivity contribution in [1.29, 1.82) is 0 Å². The van der Waals surface area contributed by atoms with E-state index >= 15 is 0 Å². The molecule has 0 aliphatic heterocycles. The van der Waals surface area contributed by atoms with Gasteiger partial charge in [-0.1, -0.05) is 18.2 Å². The summed E-state index contributed by atoms with van der Waals surface area (Å²) in [6, 6.07) is 14.2. The lowest BCUT2D eigenvalue weighted by Gasteiger charge is -2.15. The molecule has 3 rings (SSSR count). The van der Waals surface area contributed by atoms with Crippen LogP contribution in [-0.4, -0.2) is 21.8 Å². The molecule has 1 N–H and O–H groups in total. The van der Waals surface area contributed by atoms with Crippen LogP contribution in [0.1, 0.15) is 23.6 Å². The van der Waals surface area contributed by atoms with Gasteiger partial charge in [0, 0.05) is 18.7 Å². The van der Waals surface area contributed by atoms with E-state index in [1.54, 1.807) is 25.1 Å². The van der Waals surface area contributed by atoms with Crippen LogP contribution in [-0.2, 0) is 11.3 Å². The molecular weight excluding hydrogens is 373 g/mol. The molecule has 0 saturated carbocycles. The minimum Gasteiger partial charge on any atom is -0.464 e. The second-order valence-electron chi connectivity index (χ2n) is 6.79. The van der Waals surface area contributed by atoms with Gasteiger partial charge in [0.2, 0.25) is 5.88 Å². The first-order valence-corrected chi connectivity index (χ1v) is 9.20. The van der Waals surface area contributed by atoms with Crippen LogP contribution in [0.2, 0.25) is 0 Å². The zero-order valence-electron chi connectivity index (χ0n) is 16.5. The lowest BCUT2D eigenvalue weighted by atomic mass is 10.1. The van der Waals surface area contributed by atoms with Crippen molar-refractivity contribution < 1.29 is 13.9 Å². The fraction of sp³-hybridized carbons (Fsp3) is 0.227. The molecule has 150 valence electrons. The highest BCUT2D eigenvalue weighted by Gasteiger charge is 2.16. The Morgan fingerprint density at radius 2 is 1.83 bits per heavy atom. The molecule has 6 nitrogen and oxygen atoms in total. The van der Waals surface area contributed by atoms with Crippen LogP contribution >= 0.6 is 0 Å². The van der Waals surface area contributed by atoms with E-state index in [1.807, 2.05) is 26.0 Å². The first kappa shape index (κ1) is 20.3. The number of amides is 1. The van der Waals surface area contributed by atoms with Gasteiger partial charge in [-0.15, -0.1) is 5.10 Å². The SMILES string of the molecule is Cc1ccc(-n2nc(OC(C)C(=O)NCc3ccc(F)cc3)ccc2=O)cc1C. The van der Waals surface area contributed by atoms with Gasteiger partial charge in [0.15, 0.2) is 6.10 Å². The van der Waals surface area contributed by atoms with E-state index < -0.39 is 6.10 Å². The lowest BCUT2D eigenvalue weighted by molar-refractivity contribution is -0.127. The van der Waals surface area contributed by atoms with Gasteiger partial charge < -0.3 is 10.1 Å². The molecule has 0 saturated heterocycles. The van der Waals surface area contributed by atoms with E-state index in [1.165, 1.54) is 28.9 Å². The maximum atomic E-state index is 12.9. The zero-order chi connectivity index (χ0) is 21.0. The largest absolute Gasteiger partial charge is 0.464 e. The maximum Gasteiger partial charge on any atom is 0.271 e. The summed E-state index contributed by atoms with van der Waals surface area (Å²) in [4.78, 5) is 24.5. The first-order valence-electron chi connectivity index (χ1n) is 9.20. The molecule has 1 aromatic heterocycles. The zero-order valence-corrected chi connectivity index (χ0v) is 16.5. The predicted octanol–water partition coefficient (Wildman–Crippen LogP) is 3.07. The molecule has 1 atom stereocenters. The summed E-state index contributed by atoms with van der Waals surface area (Å²) in [7, 11) is 0. The van der Waals surface area contributed by atoms with Crippen molar-refractivity contribution in [3.05, 3.63) is 87.5 Å². The maximum absolute atomic E-state index is 12.9. The van der Waals surface area contributed by atoms with E-state index in [9.17, 15) is 14.0 Å². The molecule has 0 spiro atoms. The molecule has 2 aromatic carbocycles. The normalized spacial score (nSPS) is 11.7. The van der Waals surface area contributed by atoms with Crippen LogP contribution in [0.15, 0.2) is 59.4 Å². The van der Waals surface area contributed by atoms with Gasteiger partial charge in [-0.25, -0.2) is 4.39 Å².